The first kappa shape index (κ1) is 17.0. The number of amides is 1. The van der Waals surface area contributed by atoms with Gasteiger partial charge in [0.25, 0.3) is 0 Å². The van der Waals surface area contributed by atoms with Crippen molar-refractivity contribution in [2.45, 2.75) is 12.3 Å². The fourth-order valence-electron chi connectivity index (χ4n) is 3.36. The van der Waals surface area contributed by atoms with Crippen LogP contribution in [0, 0.1) is 11.6 Å². The van der Waals surface area contributed by atoms with Gasteiger partial charge in [0, 0.05) is 12.6 Å². The normalized spacial score (nSPS) is 20.5. The summed E-state index contributed by atoms with van der Waals surface area (Å²) in [4.78, 5) is 17.7. The van der Waals surface area contributed by atoms with Crippen LogP contribution in [0.25, 0.3) is 11.0 Å². The Balaban J connectivity index is 1.66. The first-order valence-electron chi connectivity index (χ1n) is 8.36. The summed E-state index contributed by atoms with van der Waals surface area (Å²) < 4.78 is 51.2. The van der Waals surface area contributed by atoms with Gasteiger partial charge in [0.1, 0.15) is 19.0 Å². The Bertz CT molecular complexity index is 1080. The zero-order valence-electron chi connectivity index (χ0n) is 14.5. The molecule has 0 saturated carbocycles. The number of cyclic esters (lactones) is 1. The number of fused-ring (bicyclic) bond motifs is 1. The molecular formula is C16H13F2N5O5. The Morgan fingerprint density at radius 1 is 1.21 bits per heavy atom. The lowest BCUT2D eigenvalue weighted by molar-refractivity contribution is -0.0467. The van der Waals surface area contributed by atoms with Crippen LogP contribution in [-0.4, -0.2) is 45.8 Å². The van der Waals surface area contributed by atoms with Gasteiger partial charge >= 0.3 is 6.09 Å². The lowest BCUT2D eigenvalue weighted by Gasteiger charge is -2.18. The van der Waals surface area contributed by atoms with Gasteiger partial charge in [0.2, 0.25) is 11.4 Å². The fraction of sp³-hybridized carbons (Fsp3) is 0.375. The van der Waals surface area contributed by atoms with E-state index in [1.807, 2.05) is 0 Å². The molecule has 0 spiro atoms. The minimum Gasteiger partial charge on any atom is -0.446 e. The molecule has 28 heavy (non-hydrogen) atoms. The number of carbonyl (C=O) groups is 1. The number of hydrogen-bond acceptors (Lipinski definition) is 8. The molecular weight excluding hydrogens is 380 g/mol. The summed E-state index contributed by atoms with van der Waals surface area (Å²) >= 11 is 0. The van der Waals surface area contributed by atoms with Crippen molar-refractivity contribution < 1.29 is 32.3 Å². The highest BCUT2D eigenvalue weighted by molar-refractivity contribution is 5.99. The van der Waals surface area contributed by atoms with Crippen molar-refractivity contribution in [3.8, 4) is 0 Å². The average Bonchev–Trinajstić information content (AvgIpc) is 3.45. The molecule has 0 N–H and O–H groups in total. The summed E-state index contributed by atoms with van der Waals surface area (Å²) in [6, 6.07) is 0.637. The van der Waals surface area contributed by atoms with E-state index in [9.17, 15) is 13.6 Å². The monoisotopic (exact) mass is 393 g/mol. The number of carbonyl (C=O) groups excluding carboxylic acids is 1. The van der Waals surface area contributed by atoms with Gasteiger partial charge in [-0.1, -0.05) is 5.16 Å². The molecule has 1 amide bonds. The lowest BCUT2D eigenvalue weighted by Crippen LogP contribution is -2.29. The van der Waals surface area contributed by atoms with Crippen LogP contribution in [0.5, 0.6) is 0 Å². The predicted octanol–water partition coefficient (Wildman–Crippen LogP) is 1.98. The average molecular weight is 393 g/mol. The highest BCUT2D eigenvalue weighted by Gasteiger charge is 2.41. The van der Waals surface area contributed by atoms with E-state index in [0.717, 1.165) is 0 Å². The van der Waals surface area contributed by atoms with Gasteiger partial charge in [-0.3, -0.25) is 4.68 Å². The highest BCUT2D eigenvalue weighted by Crippen LogP contribution is 2.39. The zero-order valence-corrected chi connectivity index (χ0v) is 14.5. The molecule has 2 aliphatic heterocycles. The van der Waals surface area contributed by atoms with Crippen molar-refractivity contribution in [2.75, 3.05) is 24.7 Å². The van der Waals surface area contributed by atoms with Crippen LogP contribution in [0.2, 0.25) is 0 Å². The Morgan fingerprint density at radius 2 is 2.00 bits per heavy atom. The van der Waals surface area contributed by atoms with Gasteiger partial charge in [-0.15, -0.1) is 0 Å². The van der Waals surface area contributed by atoms with E-state index in [4.69, 9.17) is 18.7 Å². The highest BCUT2D eigenvalue weighted by atomic mass is 19.2. The molecule has 1 unspecified atom stereocenters. The van der Waals surface area contributed by atoms with Gasteiger partial charge in [0.15, 0.2) is 23.7 Å². The third-order valence-electron chi connectivity index (χ3n) is 4.68. The van der Waals surface area contributed by atoms with Crippen LogP contribution in [-0.2, 0) is 21.3 Å². The minimum absolute atomic E-state index is 0.00883. The van der Waals surface area contributed by atoms with E-state index < -0.39 is 35.6 Å². The molecule has 0 aliphatic carbocycles. The SMILES string of the molecule is Cn1ncnc1C1COC(=O)N1c1noc2c(F)c(F)c(C3OCCO3)cc12. The maximum Gasteiger partial charge on any atom is 0.416 e. The summed E-state index contributed by atoms with van der Waals surface area (Å²) in [6.45, 7) is 0.505. The zero-order chi connectivity index (χ0) is 19.4. The van der Waals surface area contributed by atoms with Gasteiger partial charge in [-0.2, -0.15) is 9.49 Å². The van der Waals surface area contributed by atoms with E-state index in [1.54, 1.807) is 7.05 Å². The number of hydrogen-bond donors (Lipinski definition) is 0. The quantitative estimate of drug-likeness (QED) is 0.665. The molecule has 12 heteroatoms. The molecule has 2 fully saturated rings. The third-order valence-corrected chi connectivity index (χ3v) is 4.68. The first-order chi connectivity index (χ1) is 13.6. The van der Waals surface area contributed by atoms with Crippen molar-refractivity contribution in [3.63, 3.8) is 0 Å². The number of benzene rings is 1. The molecule has 1 atom stereocenters. The number of anilines is 1. The van der Waals surface area contributed by atoms with E-state index in [-0.39, 0.29) is 36.6 Å². The fourth-order valence-corrected chi connectivity index (χ4v) is 3.36. The van der Waals surface area contributed by atoms with Crippen molar-refractivity contribution in [3.05, 3.63) is 35.4 Å². The van der Waals surface area contributed by atoms with Gasteiger partial charge in [-0.25, -0.2) is 19.1 Å². The second kappa shape index (κ2) is 6.21. The smallest absolute Gasteiger partial charge is 0.416 e. The Morgan fingerprint density at radius 3 is 2.71 bits per heavy atom. The molecule has 2 saturated heterocycles. The predicted molar refractivity (Wildman–Crippen MR) is 86.1 cm³/mol. The standard InChI is InChI=1S/C16H13F2N5O5/c1-22-14(19-6-20-22)9-5-27-16(24)23(9)13-8-4-7(15-25-2-3-26-15)10(17)11(18)12(8)28-21-13/h4,6,9,15H,2-3,5H2,1H3. The van der Waals surface area contributed by atoms with E-state index >= 15 is 0 Å². The topological polar surface area (TPSA) is 105 Å². The van der Waals surface area contributed by atoms with Crippen LogP contribution >= 0.6 is 0 Å². The summed E-state index contributed by atoms with van der Waals surface area (Å²) in [5.74, 6) is -1.99. The second-order valence-electron chi connectivity index (χ2n) is 6.25. The van der Waals surface area contributed by atoms with Crippen LogP contribution < -0.4 is 4.90 Å². The number of aromatic nitrogens is 4. The number of halogens is 2. The van der Waals surface area contributed by atoms with Gasteiger partial charge in [0.05, 0.1) is 18.6 Å². The van der Waals surface area contributed by atoms with Gasteiger partial charge < -0.3 is 18.7 Å². The second-order valence-corrected chi connectivity index (χ2v) is 6.25. The third kappa shape index (κ3) is 2.38. The molecule has 1 aromatic carbocycles. The number of aryl methyl sites for hydroxylation is 1. The number of ether oxygens (including phenoxy) is 3. The van der Waals surface area contributed by atoms with Gasteiger partial charge in [-0.05, 0) is 6.07 Å². The largest absolute Gasteiger partial charge is 0.446 e. The minimum atomic E-state index is -1.24. The Labute approximate surface area is 155 Å². The van der Waals surface area contributed by atoms with Crippen LogP contribution in [0.4, 0.5) is 19.4 Å². The van der Waals surface area contributed by atoms with Crippen molar-refractivity contribution in [1.82, 2.24) is 19.9 Å². The van der Waals surface area contributed by atoms with Crippen LogP contribution in [0.3, 0.4) is 0 Å². The van der Waals surface area contributed by atoms with E-state index in [1.165, 1.54) is 22.0 Å². The maximum absolute atomic E-state index is 14.6. The summed E-state index contributed by atoms with van der Waals surface area (Å²) in [5.41, 5.74) is -0.569. The lowest BCUT2D eigenvalue weighted by atomic mass is 10.1. The number of nitrogens with zero attached hydrogens (tertiary/aromatic N) is 5. The summed E-state index contributed by atoms with van der Waals surface area (Å²) in [7, 11) is 1.66. The maximum atomic E-state index is 14.6. The Kier molecular flexibility index (Phi) is 3.77. The van der Waals surface area contributed by atoms with Crippen molar-refractivity contribution in [1.29, 1.82) is 0 Å². The summed E-state index contributed by atoms with van der Waals surface area (Å²) in [6.07, 6.45) is -0.441. The van der Waals surface area contributed by atoms with E-state index in [0.29, 0.717) is 5.82 Å². The van der Waals surface area contributed by atoms with Crippen molar-refractivity contribution in [2.24, 2.45) is 7.05 Å². The molecule has 10 nitrogen and oxygen atoms in total. The molecule has 2 aliphatic rings. The molecule has 146 valence electrons. The Hall–Kier alpha value is -3.12. The molecule has 3 aromatic rings. The number of rotatable bonds is 3. The molecule has 2 aromatic heterocycles. The van der Waals surface area contributed by atoms with Crippen LogP contribution in [0.1, 0.15) is 23.7 Å². The molecule has 0 radical (unpaired) electrons. The first-order valence-corrected chi connectivity index (χ1v) is 8.36. The molecule has 5 rings (SSSR count). The molecule has 4 heterocycles. The molecule has 0 bridgehead atoms. The summed E-state index contributed by atoms with van der Waals surface area (Å²) in [5, 5.41) is 7.86. The van der Waals surface area contributed by atoms with Crippen LogP contribution in [0.15, 0.2) is 16.9 Å². The van der Waals surface area contributed by atoms with E-state index in [2.05, 4.69) is 15.2 Å². The van der Waals surface area contributed by atoms with Crippen molar-refractivity contribution >= 4 is 22.9 Å².